The Morgan fingerprint density at radius 1 is 1.35 bits per heavy atom. The number of benzene rings is 1. The monoisotopic (exact) mass is 329 g/mol. The molecule has 1 unspecified atom stereocenters. The van der Waals surface area contributed by atoms with Gasteiger partial charge in [0.05, 0.1) is 0 Å². The van der Waals surface area contributed by atoms with Crippen LogP contribution in [0.2, 0.25) is 0 Å². The number of nitrogens with zero attached hydrogens (tertiary/aromatic N) is 2. The van der Waals surface area contributed by atoms with E-state index < -0.39 is 0 Å². The number of fused-ring (bicyclic) bond motifs is 3. The second kappa shape index (κ2) is 5.53. The lowest BCUT2D eigenvalue weighted by molar-refractivity contribution is 0.0951. The number of aromatic amines is 1. The van der Waals surface area contributed by atoms with Gasteiger partial charge in [-0.15, -0.1) is 12.4 Å². The standard InChI is InChI=1S/C18H19N3O.ClH/c1-12-19-9-10-21(12)11-18(2)8-7-15(22)16-13-5-3-4-6-14(13)20-17(16)18;/h3-6,9-10,20H,7-8,11H2,1-2H3;1H. The summed E-state index contributed by atoms with van der Waals surface area (Å²) in [7, 11) is 0. The summed E-state index contributed by atoms with van der Waals surface area (Å²) in [5, 5.41) is 1.05. The summed E-state index contributed by atoms with van der Waals surface area (Å²) < 4.78 is 2.17. The molecule has 4 rings (SSSR count). The zero-order valence-electron chi connectivity index (χ0n) is 13.3. The Kier molecular flexibility index (Phi) is 3.80. The lowest BCUT2D eigenvalue weighted by atomic mass is 9.74. The van der Waals surface area contributed by atoms with Gasteiger partial charge in [0.1, 0.15) is 5.82 Å². The molecule has 0 fully saturated rings. The van der Waals surface area contributed by atoms with E-state index >= 15 is 0 Å². The zero-order chi connectivity index (χ0) is 15.3. The number of para-hydroxylation sites is 1. The fourth-order valence-electron chi connectivity index (χ4n) is 3.63. The van der Waals surface area contributed by atoms with Crippen molar-refractivity contribution < 1.29 is 4.79 Å². The summed E-state index contributed by atoms with van der Waals surface area (Å²) in [6.45, 7) is 5.10. The molecule has 0 saturated carbocycles. The van der Waals surface area contributed by atoms with E-state index in [4.69, 9.17) is 0 Å². The van der Waals surface area contributed by atoms with Gasteiger partial charge >= 0.3 is 0 Å². The molecule has 0 spiro atoms. The van der Waals surface area contributed by atoms with Gasteiger partial charge in [-0.25, -0.2) is 4.98 Å². The van der Waals surface area contributed by atoms with E-state index in [9.17, 15) is 4.79 Å². The highest BCUT2D eigenvalue weighted by Crippen LogP contribution is 2.41. The van der Waals surface area contributed by atoms with Crippen molar-refractivity contribution in [2.24, 2.45) is 0 Å². The number of nitrogens with one attached hydrogen (secondary N) is 1. The molecule has 0 amide bonds. The number of hydrogen-bond donors (Lipinski definition) is 1. The van der Waals surface area contributed by atoms with Gasteiger partial charge in [0.15, 0.2) is 5.78 Å². The average molecular weight is 330 g/mol. The number of aromatic nitrogens is 3. The van der Waals surface area contributed by atoms with Crippen LogP contribution in [0.4, 0.5) is 0 Å². The Labute approximate surface area is 141 Å². The quantitative estimate of drug-likeness (QED) is 0.771. The van der Waals surface area contributed by atoms with Gasteiger partial charge in [0.2, 0.25) is 0 Å². The summed E-state index contributed by atoms with van der Waals surface area (Å²) in [6, 6.07) is 8.09. The van der Waals surface area contributed by atoms with Crippen LogP contribution in [0.3, 0.4) is 0 Å². The van der Waals surface area contributed by atoms with Crippen LogP contribution in [-0.2, 0) is 12.0 Å². The van der Waals surface area contributed by atoms with Crippen molar-refractivity contribution in [3.8, 4) is 0 Å². The third-order valence-corrected chi connectivity index (χ3v) is 4.94. The number of carbonyl (C=O) groups is 1. The molecule has 1 N–H and O–H groups in total. The Morgan fingerprint density at radius 2 is 2.13 bits per heavy atom. The van der Waals surface area contributed by atoms with E-state index in [1.165, 1.54) is 0 Å². The molecule has 0 radical (unpaired) electrons. The molecule has 5 heteroatoms. The fourth-order valence-corrected chi connectivity index (χ4v) is 3.63. The van der Waals surface area contributed by atoms with Crippen molar-refractivity contribution in [1.82, 2.24) is 14.5 Å². The molecule has 0 saturated heterocycles. The molecule has 1 aromatic carbocycles. The molecule has 1 aliphatic rings. The van der Waals surface area contributed by atoms with Crippen molar-refractivity contribution in [2.45, 2.75) is 38.6 Å². The average Bonchev–Trinajstić information content (AvgIpc) is 3.09. The molecule has 23 heavy (non-hydrogen) atoms. The molecule has 1 aliphatic carbocycles. The van der Waals surface area contributed by atoms with Gasteiger partial charge in [0.25, 0.3) is 0 Å². The first-order chi connectivity index (χ1) is 10.6. The smallest absolute Gasteiger partial charge is 0.165 e. The first-order valence-electron chi connectivity index (χ1n) is 7.71. The lowest BCUT2D eigenvalue weighted by Gasteiger charge is -2.34. The third-order valence-electron chi connectivity index (χ3n) is 4.94. The normalized spacial score (nSPS) is 20.3. The highest BCUT2D eigenvalue weighted by molar-refractivity contribution is 6.10. The van der Waals surface area contributed by atoms with Crippen molar-refractivity contribution in [3.63, 3.8) is 0 Å². The summed E-state index contributed by atoms with van der Waals surface area (Å²) in [5.41, 5.74) is 2.95. The van der Waals surface area contributed by atoms with Crippen LogP contribution in [0.25, 0.3) is 10.9 Å². The highest BCUT2D eigenvalue weighted by atomic mass is 35.5. The van der Waals surface area contributed by atoms with Gasteiger partial charge in [0, 0.05) is 52.9 Å². The number of halogens is 1. The molecule has 0 bridgehead atoms. The van der Waals surface area contributed by atoms with E-state index in [-0.39, 0.29) is 23.6 Å². The number of imidazole rings is 1. The molecule has 0 aliphatic heterocycles. The lowest BCUT2D eigenvalue weighted by Crippen LogP contribution is -2.34. The molecule has 4 nitrogen and oxygen atoms in total. The molecule has 2 aromatic heterocycles. The molecule has 120 valence electrons. The van der Waals surface area contributed by atoms with Gasteiger partial charge in [-0.05, 0) is 19.4 Å². The number of rotatable bonds is 2. The van der Waals surface area contributed by atoms with Crippen LogP contribution in [0.15, 0.2) is 36.7 Å². The first kappa shape index (κ1) is 15.8. The third kappa shape index (κ3) is 2.38. The van der Waals surface area contributed by atoms with E-state index in [1.54, 1.807) is 0 Å². The van der Waals surface area contributed by atoms with Crippen LogP contribution < -0.4 is 0 Å². The maximum absolute atomic E-state index is 12.5. The topological polar surface area (TPSA) is 50.7 Å². The predicted molar refractivity (Wildman–Crippen MR) is 93.4 cm³/mol. The van der Waals surface area contributed by atoms with Crippen LogP contribution in [0, 0.1) is 6.92 Å². The Hall–Kier alpha value is -2.07. The number of hydrogen-bond acceptors (Lipinski definition) is 2. The van der Waals surface area contributed by atoms with Crippen molar-refractivity contribution in [1.29, 1.82) is 0 Å². The Balaban J connectivity index is 0.00000156. The van der Waals surface area contributed by atoms with Crippen LogP contribution in [0.1, 0.15) is 41.6 Å². The van der Waals surface area contributed by atoms with Crippen LogP contribution in [-0.4, -0.2) is 20.3 Å². The van der Waals surface area contributed by atoms with Crippen molar-refractivity contribution in [3.05, 3.63) is 53.7 Å². The SMILES string of the molecule is Cc1nccn1CC1(C)CCC(=O)c2c1[nH]c1ccccc21.Cl. The molecule has 3 aromatic rings. The van der Waals surface area contributed by atoms with Crippen molar-refractivity contribution >= 4 is 29.1 Å². The predicted octanol–water partition coefficient (Wildman–Crippen LogP) is 4.03. The van der Waals surface area contributed by atoms with E-state index in [1.807, 2.05) is 43.6 Å². The van der Waals surface area contributed by atoms with E-state index in [0.29, 0.717) is 6.42 Å². The second-order valence-corrected chi connectivity index (χ2v) is 6.51. The van der Waals surface area contributed by atoms with Crippen LogP contribution in [0.5, 0.6) is 0 Å². The minimum Gasteiger partial charge on any atom is -0.357 e. The second-order valence-electron chi connectivity index (χ2n) is 6.51. The van der Waals surface area contributed by atoms with Gasteiger partial charge < -0.3 is 9.55 Å². The molecular formula is C18H20ClN3O. The Bertz CT molecular complexity index is 879. The number of H-pyrrole nitrogens is 1. The summed E-state index contributed by atoms with van der Waals surface area (Å²) in [4.78, 5) is 20.3. The number of aryl methyl sites for hydroxylation is 1. The number of carbonyl (C=O) groups excluding carboxylic acids is 1. The molecule has 2 heterocycles. The van der Waals surface area contributed by atoms with Crippen LogP contribution >= 0.6 is 12.4 Å². The van der Waals surface area contributed by atoms with Gasteiger partial charge in [-0.1, -0.05) is 25.1 Å². The maximum atomic E-state index is 12.5. The minimum absolute atomic E-state index is 0. The zero-order valence-corrected chi connectivity index (χ0v) is 14.1. The maximum Gasteiger partial charge on any atom is 0.165 e. The van der Waals surface area contributed by atoms with E-state index in [2.05, 4.69) is 21.5 Å². The summed E-state index contributed by atoms with van der Waals surface area (Å²) in [5.74, 6) is 1.27. The molecule has 1 atom stereocenters. The number of ketones is 1. The van der Waals surface area contributed by atoms with Crippen molar-refractivity contribution in [2.75, 3.05) is 0 Å². The highest BCUT2D eigenvalue weighted by Gasteiger charge is 2.38. The van der Waals surface area contributed by atoms with Gasteiger partial charge in [-0.3, -0.25) is 4.79 Å². The first-order valence-corrected chi connectivity index (χ1v) is 7.71. The van der Waals surface area contributed by atoms with Gasteiger partial charge in [-0.2, -0.15) is 0 Å². The summed E-state index contributed by atoms with van der Waals surface area (Å²) in [6.07, 6.45) is 5.32. The fraction of sp³-hybridized carbons (Fsp3) is 0.333. The summed E-state index contributed by atoms with van der Waals surface area (Å²) >= 11 is 0. The number of Topliss-reactive ketones (excluding diaryl/α,β-unsaturated/α-hetero) is 1. The molecular weight excluding hydrogens is 310 g/mol. The van der Waals surface area contributed by atoms with E-state index in [0.717, 1.165) is 41.0 Å². The minimum atomic E-state index is -0.0757. The largest absolute Gasteiger partial charge is 0.357 e. The Morgan fingerprint density at radius 3 is 2.87 bits per heavy atom.